The molecule has 0 spiro atoms. The molecule has 0 bridgehead atoms. The van der Waals surface area contributed by atoms with Crippen LogP contribution in [-0.4, -0.2) is 31.4 Å². The van der Waals surface area contributed by atoms with E-state index in [0.717, 1.165) is 24.2 Å². The number of guanidine groups is 1. The van der Waals surface area contributed by atoms with Gasteiger partial charge >= 0.3 is 5.97 Å². The zero-order valence-corrected chi connectivity index (χ0v) is 12.7. The van der Waals surface area contributed by atoms with Gasteiger partial charge in [0.1, 0.15) is 5.75 Å². The minimum atomic E-state index is -0.160. The van der Waals surface area contributed by atoms with Crippen molar-refractivity contribution in [2.45, 2.75) is 26.2 Å². The van der Waals surface area contributed by atoms with E-state index < -0.39 is 0 Å². The quantitative estimate of drug-likeness (QED) is 0.235. The van der Waals surface area contributed by atoms with E-state index in [1.54, 1.807) is 13.1 Å². The van der Waals surface area contributed by atoms with Crippen molar-refractivity contribution in [3.8, 4) is 5.75 Å². The highest BCUT2D eigenvalue weighted by Gasteiger charge is 2.01. The van der Waals surface area contributed by atoms with E-state index in [1.165, 1.54) is 0 Å². The van der Waals surface area contributed by atoms with Gasteiger partial charge in [-0.15, -0.1) is 5.10 Å². The monoisotopic (exact) mass is 306 g/mol. The fourth-order valence-electron chi connectivity index (χ4n) is 1.61. The second-order valence-corrected chi connectivity index (χ2v) is 4.45. The van der Waals surface area contributed by atoms with Crippen LogP contribution in [0, 0.1) is 0 Å². The van der Waals surface area contributed by atoms with Crippen LogP contribution in [0.5, 0.6) is 5.75 Å². The Hall–Kier alpha value is -2.57. The molecule has 0 aliphatic rings. The maximum Gasteiger partial charge on any atom is 0.305 e. The highest BCUT2D eigenvalue weighted by molar-refractivity contribution is 5.81. The number of hydrogen-bond donors (Lipinski definition) is 2. The minimum absolute atomic E-state index is 0.0842. The molecule has 22 heavy (non-hydrogen) atoms. The van der Waals surface area contributed by atoms with Crippen LogP contribution in [0.4, 0.5) is 0 Å². The fraction of sp³-hybridized carbons (Fsp3) is 0.400. The third-order valence-electron chi connectivity index (χ3n) is 2.61. The Morgan fingerprint density at radius 2 is 1.95 bits per heavy atom. The molecule has 0 heterocycles. The molecule has 0 saturated carbocycles. The number of ether oxygens (including phenoxy) is 2. The highest BCUT2D eigenvalue weighted by atomic mass is 16.5. The van der Waals surface area contributed by atoms with Gasteiger partial charge in [-0.1, -0.05) is 0 Å². The smallest absolute Gasteiger partial charge is 0.305 e. The molecule has 4 N–H and O–H groups in total. The Labute approximate surface area is 130 Å². The molecule has 0 unspecified atom stereocenters. The average Bonchev–Trinajstić information content (AvgIpc) is 2.48. The third-order valence-corrected chi connectivity index (χ3v) is 2.61. The number of hydrogen-bond acceptors (Lipinski definition) is 5. The predicted octanol–water partition coefficient (Wildman–Crippen LogP) is 1.41. The number of nitrogens with zero attached hydrogens (tertiary/aromatic N) is 2. The van der Waals surface area contributed by atoms with Crippen molar-refractivity contribution < 1.29 is 14.3 Å². The van der Waals surface area contributed by atoms with Crippen molar-refractivity contribution in [1.82, 2.24) is 0 Å². The van der Waals surface area contributed by atoms with Crippen LogP contribution in [0.15, 0.2) is 34.5 Å². The molecule has 1 rings (SSSR count). The molecular weight excluding hydrogens is 284 g/mol. The number of nitrogens with two attached hydrogens (primary N) is 2. The molecule has 0 saturated heterocycles. The maximum absolute atomic E-state index is 11.1. The molecule has 1 aromatic rings. The highest BCUT2D eigenvalue weighted by Crippen LogP contribution is 2.12. The largest absolute Gasteiger partial charge is 0.494 e. The lowest BCUT2D eigenvalue weighted by Gasteiger charge is -2.06. The Bertz CT molecular complexity index is 508. The van der Waals surface area contributed by atoms with Gasteiger partial charge < -0.3 is 20.9 Å². The molecule has 0 radical (unpaired) electrons. The van der Waals surface area contributed by atoms with Crippen LogP contribution in [0.3, 0.4) is 0 Å². The predicted molar refractivity (Wildman–Crippen MR) is 85.8 cm³/mol. The number of esters is 1. The summed E-state index contributed by atoms with van der Waals surface area (Å²) in [6, 6.07) is 7.36. The number of carbonyl (C=O) groups excluding carboxylic acids is 1. The van der Waals surface area contributed by atoms with Crippen molar-refractivity contribution in [1.29, 1.82) is 0 Å². The normalized spacial score (nSPS) is 10.4. The van der Waals surface area contributed by atoms with Gasteiger partial charge in [0, 0.05) is 6.42 Å². The zero-order chi connectivity index (χ0) is 16.2. The van der Waals surface area contributed by atoms with Crippen LogP contribution in [0.1, 0.15) is 31.7 Å². The summed E-state index contributed by atoms with van der Waals surface area (Å²) in [4.78, 5) is 11.1. The molecule has 0 fully saturated rings. The molecule has 0 atom stereocenters. The molecule has 1 aromatic carbocycles. The summed E-state index contributed by atoms with van der Waals surface area (Å²) < 4.78 is 10.4. The third kappa shape index (κ3) is 7.88. The first kappa shape index (κ1) is 17.5. The van der Waals surface area contributed by atoms with E-state index in [-0.39, 0.29) is 11.9 Å². The lowest BCUT2D eigenvalue weighted by molar-refractivity contribution is -0.143. The summed E-state index contributed by atoms with van der Waals surface area (Å²) >= 11 is 0. The number of rotatable bonds is 9. The molecule has 7 nitrogen and oxygen atoms in total. The number of unbranched alkanes of at least 4 members (excludes halogenated alkanes) is 1. The summed E-state index contributed by atoms with van der Waals surface area (Å²) in [5.74, 6) is 0.515. The number of benzene rings is 1. The van der Waals surface area contributed by atoms with Gasteiger partial charge in [0.2, 0.25) is 5.96 Å². The summed E-state index contributed by atoms with van der Waals surface area (Å²) in [6.07, 6.45) is 3.52. The summed E-state index contributed by atoms with van der Waals surface area (Å²) in [5.41, 5.74) is 11.2. The van der Waals surface area contributed by atoms with Crippen molar-refractivity contribution >= 4 is 18.1 Å². The van der Waals surface area contributed by atoms with E-state index >= 15 is 0 Å². The molecule has 120 valence electrons. The second-order valence-electron chi connectivity index (χ2n) is 4.45. The van der Waals surface area contributed by atoms with Crippen molar-refractivity contribution in [3.05, 3.63) is 29.8 Å². The van der Waals surface area contributed by atoms with Crippen LogP contribution in [-0.2, 0) is 9.53 Å². The Morgan fingerprint density at radius 3 is 2.59 bits per heavy atom. The van der Waals surface area contributed by atoms with Crippen LogP contribution in [0.25, 0.3) is 0 Å². The zero-order valence-electron chi connectivity index (χ0n) is 12.7. The summed E-state index contributed by atoms with van der Waals surface area (Å²) in [6.45, 7) is 2.78. The number of carbonyl (C=O) groups is 1. The molecule has 0 aliphatic carbocycles. The van der Waals surface area contributed by atoms with Crippen molar-refractivity contribution in [2.24, 2.45) is 21.7 Å². The first-order chi connectivity index (χ1) is 10.6. The lowest BCUT2D eigenvalue weighted by Crippen LogP contribution is -2.21. The van der Waals surface area contributed by atoms with E-state index in [1.807, 2.05) is 24.3 Å². The maximum atomic E-state index is 11.1. The van der Waals surface area contributed by atoms with Crippen LogP contribution >= 0.6 is 0 Å². The van der Waals surface area contributed by atoms with Gasteiger partial charge in [-0.2, -0.15) is 5.10 Å². The lowest BCUT2D eigenvalue weighted by atomic mass is 10.2. The first-order valence-corrected chi connectivity index (χ1v) is 7.12. The molecule has 0 aliphatic heterocycles. The summed E-state index contributed by atoms with van der Waals surface area (Å²) in [7, 11) is 0. The van der Waals surface area contributed by atoms with Crippen molar-refractivity contribution in [2.75, 3.05) is 13.2 Å². The van der Waals surface area contributed by atoms with E-state index in [0.29, 0.717) is 19.6 Å². The van der Waals surface area contributed by atoms with Gasteiger partial charge in [-0.05, 0) is 49.6 Å². The van der Waals surface area contributed by atoms with E-state index in [4.69, 9.17) is 20.9 Å². The van der Waals surface area contributed by atoms with E-state index in [2.05, 4.69) is 10.2 Å². The first-order valence-electron chi connectivity index (χ1n) is 7.12. The van der Waals surface area contributed by atoms with Gasteiger partial charge in [0.15, 0.2) is 0 Å². The Kier molecular flexibility index (Phi) is 8.10. The molecule has 0 aromatic heterocycles. The van der Waals surface area contributed by atoms with Gasteiger partial charge in [0.25, 0.3) is 0 Å². The van der Waals surface area contributed by atoms with Gasteiger partial charge in [-0.25, -0.2) is 0 Å². The molecular formula is C15H22N4O3. The minimum Gasteiger partial charge on any atom is -0.494 e. The van der Waals surface area contributed by atoms with Crippen LogP contribution in [0.2, 0.25) is 0 Å². The van der Waals surface area contributed by atoms with Gasteiger partial charge in [0.05, 0.1) is 19.4 Å². The second kappa shape index (κ2) is 10.2. The Morgan fingerprint density at radius 1 is 1.23 bits per heavy atom. The van der Waals surface area contributed by atoms with E-state index in [9.17, 15) is 4.79 Å². The fourth-order valence-corrected chi connectivity index (χ4v) is 1.61. The van der Waals surface area contributed by atoms with Gasteiger partial charge in [-0.3, -0.25) is 4.79 Å². The van der Waals surface area contributed by atoms with Crippen LogP contribution < -0.4 is 16.2 Å². The van der Waals surface area contributed by atoms with Crippen molar-refractivity contribution in [3.63, 3.8) is 0 Å². The standard InChI is InChI=1S/C15H22N4O3/c1-2-21-14(20)5-3-4-10-22-13-8-6-12(7-9-13)11-18-19-15(16)17/h6-9,11H,2-5,10H2,1H3,(H4,16,17,19). The Balaban J connectivity index is 2.26. The molecule has 7 heteroatoms. The summed E-state index contributed by atoms with van der Waals surface area (Å²) in [5, 5.41) is 7.23. The topological polar surface area (TPSA) is 112 Å². The molecule has 0 amide bonds. The SMILES string of the molecule is CCOC(=O)CCCCOc1ccc(C=NN=C(N)N)cc1. The average molecular weight is 306 g/mol.